The van der Waals surface area contributed by atoms with Gasteiger partial charge in [-0.15, -0.1) is 0 Å². The number of hydrogen-bond acceptors (Lipinski definition) is 6. The molecular formula is C29H36N2O6. The van der Waals surface area contributed by atoms with Crippen LogP contribution in [-0.4, -0.2) is 75.7 Å². The lowest BCUT2D eigenvalue weighted by atomic mass is 9.73. The van der Waals surface area contributed by atoms with E-state index in [1.54, 1.807) is 4.90 Å². The van der Waals surface area contributed by atoms with Gasteiger partial charge in [0.1, 0.15) is 23.2 Å². The van der Waals surface area contributed by atoms with Crippen LogP contribution in [0.3, 0.4) is 0 Å². The number of nitrogens with zero attached hydrogens (tertiary/aromatic N) is 2. The van der Waals surface area contributed by atoms with Gasteiger partial charge in [-0.3, -0.25) is 14.4 Å². The average Bonchev–Trinajstić information content (AvgIpc) is 3.27. The number of aliphatic hydroxyl groups is 1. The van der Waals surface area contributed by atoms with Crippen molar-refractivity contribution in [3.63, 3.8) is 0 Å². The third kappa shape index (κ3) is 3.84. The Kier molecular flexibility index (Phi) is 6.75. The summed E-state index contributed by atoms with van der Waals surface area (Å²) >= 11 is 0. The number of cyclic esters (lactones) is 1. The molecule has 0 bridgehead atoms. The molecule has 198 valence electrons. The molecule has 1 aromatic rings. The minimum atomic E-state index is -1.37. The first kappa shape index (κ1) is 25.7. The van der Waals surface area contributed by atoms with Crippen LogP contribution < -0.4 is 0 Å². The van der Waals surface area contributed by atoms with Crippen LogP contribution in [0.1, 0.15) is 51.6 Å². The normalized spacial score (nSPS) is 35.2. The van der Waals surface area contributed by atoms with Gasteiger partial charge in [-0.05, 0) is 38.7 Å². The topological polar surface area (TPSA) is 96.4 Å². The maximum absolute atomic E-state index is 14.5. The van der Waals surface area contributed by atoms with Gasteiger partial charge in [0.25, 0.3) is 0 Å². The number of amides is 2. The van der Waals surface area contributed by atoms with Gasteiger partial charge >= 0.3 is 5.97 Å². The van der Waals surface area contributed by atoms with Gasteiger partial charge < -0.3 is 24.4 Å². The monoisotopic (exact) mass is 508 g/mol. The van der Waals surface area contributed by atoms with Crippen molar-refractivity contribution in [2.24, 2.45) is 11.8 Å². The van der Waals surface area contributed by atoms with Crippen molar-refractivity contribution in [3.8, 4) is 0 Å². The van der Waals surface area contributed by atoms with E-state index in [0.717, 1.165) is 6.42 Å². The molecular weight excluding hydrogens is 472 g/mol. The highest BCUT2D eigenvalue weighted by molar-refractivity contribution is 5.99. The summed E-state index contributed by atoms with van der Waals surface area (Å²) in [5, 5.41) is 10.6. The van der Waals surface area contributed by atoms with Crippen LogP contribution in [0.15, 0.2) is 54.6 Å². The Labute approximate surface area is 217 Å². The number of fused-ring (bicyclic) bond motifs is 2. The Morgan fingerprint density at radius 3 is 2.49 bits per heavy atom. The zero-order valence-electron chi connectivity index (χ0n) is 21.7. The first-order valence-electron chi connectivity index (χ1n) is 13.3. The number of aliphatic hydroxyl groups excluding tert-OH is 1. The molecule has 6 atom stereocenters. The quantitative estimate of drug-likeness (QED) is 0.485. The van der Waals surface area contributed by atoms with E-state index >= 15 is 0 Å². The van der Waals surface area contributed by atoms with Gasteiger partial charge in [0.05, 0.1) is 25.2 Å². The zero-order chi connectivity index (χ0) is 26.4. The Bertz CT molecular complexity index is 1120. The van der Waals surface area contributed by atoms with Crippen molar-refractivity contribution in [3.05, 3.63) is 60.2 Å². The van der Waals surface area contributed by atoms with Gasteiger partial charge in [-0.25, -0.2) is 0 Å². The van der Waals surface area contributed by atoms with Gasteiger partial charge in [0.15, 0.2) is 0 Å². The predicted octanol–water partition coefficient (Wildman–Crippen LogP) is 2.78. The fourth-order valence-electron chi connectivity index (χ4n) is 6.66. The number of carbonyl (C=O) groups excluding carboxylic acids is 3. The van der Waals surface area contributed by atoms with Crippen molar-refractivity contribution in [1.29, 1.82) is 0 Å². The molecule has 2 saturated heterocycles. The van der Waals surface area contributed by atoms with Gasteiger partial charge in [0.2, 0.25) is 11.8 Å². The predicted molar refractivity (Wildman–Crippen MR) is 136 cm³/mol. The second-order valence-electron chi connectivity index (χ2n) is 10.7. The van der Waals surface area contributed by atoms with Crippen LogP contribution in [-0.2, 0) is 23.9 Å². The molecule has 1 aromatic carbocycles. The number of esters is 1. The number of allylic oxidation sites excluding steroid dienone is 1. The number of benzene rings is 1. The van der Waals surface area contributed by atoms with E-state index < -0.39 is 41.1 Å². The van der Waals surface area contributed by atoms with Crippen LogP contribution in [0.5, 0.6) is 0 Å². The molecule has 37 heavy (non-hydrogen) atoms. The van der Waals surface area contributed by atoms with Crippen LogP contribution >= 0.6 is 0 Å². The third-order valence-electron chi connectivity index (χ3n) is 8.42. The standard InChI is InChI=1S/C29H36N2O6/c1-4-28-14-9-6-10-17-36-27(35)23(28)22-25(33)31(21(18-32)20-12-7-5-8-13-20)24-26(34)30(19(2)3)16-11-15-29(22,24)37-28/h5,7-9,11-15,19,21-24,32H,4,6,10,16-18H2,1-3H3/b14-9-/t21-,22+,23-,24?,28+,29+/m1/s1. The second kappa shape index (κ2) is 9.72. The molecule has 0 radical (unpaired) electrons. The number of ether oxygens (including phenoxy) is 2. The van der Waals surface area contributed by atoms with Gasteiger partial charge in [-0.2, -0.15) is 0 Å². The van der Waals surface area contributed by atoms with Crippen molar-refractivity contribution in [2.45, 2.75) is 69.4 Å². The van der Waals surface area contributed by atoms with Crippen molar-refractivity contribution < 1.29 is 29.0 Å². The molecule has 0 aliphatic carbocycles. The van der Waals surface area contributed by atoms with Crippen LogP contribution in [0.2, 0.25) is 0 Å². The number of rotatable bonds is 5. The van der Waals surface area contributed by atoms with Gasteiger partial charge in [0, 0.05) is 12.6 Å². The highest BCUT2D eigenvalue weighted by atomic mass is 16.6. The Morgan fingerprint density at radius 2 is 1.81 bits per heavy atom. The fraction of sp³-hybridized carbons (Fsp3) is 0.552. The van der Waals surface area contributed by atoms with Crippen molar-refractivity contribution in [1.82, 2.24) is 9.80 Å². The van der Waals surface area contributed by atoms with E-state index in [4.69, 9.17) is 9.47 Å². The number of likely N-dealkylation sites (tertiary alicyclic amines) is 1. The van der Waals surface area contributed by atoms with Crippen molar-refractivity contribution >= 4 is 17.8 Å². The summed E-state index contributed by atoms with van der Waals surface area (Å²) < 4.78 is 12.6. The van der Waals surface area contributed by atoms with E-state index in [1.807, 2.05) is 75.4 Å². The Balaban J connectivity index is 1.73. The Morgan fingerprint density at radius 1 is 1.05 bits per heavy atom. The molecule has 4 aliphatic rings. The summed E-state index contributed by atoms with van der Waals surface area (Å²) in [7, 11) is 0. The molecule has 1 spiro atoms. The summed E-state index contributed by atoms with van der Waals surface area (Å²) in [6.45, 7) is 6.06. The summed E-state index contributed by atoms with van der Waals surface area (Å²) in [5.74, 6) is -2.97. The summed E-state index contributed by atoms with van der Waals surface area (Å²) in [6, 6.07) is 7.28. The van der Waals surface area contributed by atoms with E-state index in [9.17, 15) is 19.5 Å². The van der Waals surface area contributed by atoms with Crippen molar-refractivity contribution in [2.75, 3.05) is 19.8 Å². The smallest absolute Gasteiger partial charge is 0.313 e. The molecule has 8 heteroatoms. The maximum atomic E-state index is 14.5. The highest BCUT2D eigenvalue weighted by Crippen LogP contribution is 2.59. The van der Waals surface area contributed by atoms with E-state index in [1.165, 1.54) is 4.90 Å². The third-order valence-corrected chi connectivity index (χ3v) is 8.42. The molecule has 0 saturated carbocycles. The van der Waals surface area contributed by atoms with E-state index in [0.29, 0.717) is 24.9 Å². The maximum Gasteiger partial charge on any atom is 0.313 e. The zero-order valence-corrected chi connectivity index (χ0v) is 21.7. The molecule has 5 rings (SSSR count). The minimum absolute atomic E-state index is 0.115. The minimum Gasteiger partial charge on any atom is -0.465 e. The van der Waals surface area contributed by atoms with Crippen LogP contribution in [0, 0.1) is 11.8 Å². The van der Waals surface area contributed by atoms with E-state index in [2.05, 4.69) is 0 Å². The molecule has 8 nitrogen and oxygen atoms in total. The Hall–Kier alpha value is -2.97. The molecule has 0 aromatic heterocycles. The van der Waals surface area contributed by atoms with E-state index in [-0.39, 0.29) is 31.1 Å². The summed E-state index contributed by atoms with van der Waals surface area (Å²) in [6.07, 6.45) is 9.48. The fourth-order valence-corrected chi connectivity index (χ4v) is 6.66. The lowest BCUT2D eigenvalue weighted by molar-refractivity contribution is -0.163. The number of hydrogen-bond donors (Lipinski definition) is 1. The SMILES string of the molecule is CC[C@]12/C=C\CCCOC(=O)[C@H]1[C@H]1C(=O)N([C@H](CO)c3ccccc3)C3C(=O)N(C(C)C)CC=C[C@@]31O2. The van der Waals surface area contributed by atoms with Crippen LogP contribution in [0.25, 0.3) is 0 Å². The largest absolute Gasteiger partial charge is 0.465 e. The molecule has 4 aliphatic heterocycles. The lowest BCUT2D eigenvalue weighted by Crippen LogP contribution is -2.58. The lowest BCUT2D eigenvalue weighted by Gasteiger charge is -2.41. The summed E-state index contributed by atoms with van der Waals surface area (Å²) in [4.78, 5) is 45.6. The molecule has 2 amide bonds. The molecule has 1 N–H and O–H groups in total. The van der Waals surface area contributed by atoms with Gasteiger partial charge in [-0.1, -0.05) is 61.6 Å². The molecule has 4 heterocycles. The first-order chi connectivity index (χ1) is 17.8. The first-order valence-corrected chi connectivity index (χ1v) is 13.3. The summed E-state index contributed by atoms with van der Waals surface area (Å²) in [5.41, 5.74) is -1.74. The molecule has 2 fully saturated rings. The highest BCUT2D eigenvalue weighted by Gasteiger charge is 2.76. The second-order valence-corrected chi connectivity index (χ2v) is 10.7. The average molecular weight is 509 g/mol. The number of carbonyl (C=O) groups is 3. The molecule has 1 unspecified atom stereocenters. The van der Waals surface area contributed by atoms with Crippen LogP contribution in [0.4, 0.5) is 0 Å².